The first-order chi connectivity index (χ1) is 6.88. The molecule has 0 radical (unpaired) electrons. The Balaban J connectivity index is 2.58. The van der Waals surface area contributed by atoms with Gasteiger partial charge in [0, 0.05) is 6.61 Å². The monoisotopic (exact) mass is 193 g/mol. The fraction of sp³-hybridized carbons (Fsp3) is 0.500. The normalized spacial score (nSPS) is 12.7. The SMILES string of the molecule is CCOC(CCNC)c1ccccc1. The van der Waals surface area contributed by atoms with Gasteiger partial charge in [-0.15, -0.1) is 0 Å². The summed E-state index contributed by atoms with van der Waals surface area (Å²) in [6.07, 6.45) is 1.25. The van der Waals surface area contributed by atoms with Crippen molar-refractivity contribution >= 4 is 0 Å². The van der Waals surface area contributed by atoms with Crippen molar-refractivity contribution in [2.75, 3.05) is 20.2 Å². The lowest BCUT2D eigenvalue weighted by Crippen LogP contribution is -2.14. The second-order valence-electron chi connectivity index (χ2n) is 3.25. The van der Waals surface area contributed by atoms with E-state index in [0.717, 1.165) is 19.6 Å². The lowest BCUT2D eigenvalue weighted by molar-refractivity contribution is 0.0567. The van der Waals surface area contributed by atoms with Crippen LogP contribution in [0, 0.1) is 0 Å². The molecular formula is C12H19NO. The molecule has 1 aromatic carbocycles. The molecule has 1 N–H and O–H groups in total. The molecule has 0 spiro atoms. The molecule has 1 aromatic rings. The van der Waals surface area contributed by atoms with Crippen LogP contribution in [0.3, 0.4) is 0 Å². The summed E-state index contributed by atoms with van der Waals surface area (Å²) >= 11 is 0. The van der Waals surface area contributed by atoms with Crippen LogP contribution in [0.4, 0.5) is 0 Å². The Morgan fingerprint density at radius 3 is 2.57 bits per heavy atom. The molecule has 1 atom stereocenters. The van der Waals surface area contributed by atoms with Gasteiger partial charge in [-0.3, -0.25) is 0 Å². The Bertz CT molecular complexity index is 235. The van der Waals surface area contributed by atoms with Gasteiger partial charge in [0.1, 0.15) is 0 Å². The van der Waals surface area contributed by atoms with E-state index in [0.29, 0.717) is 0 Å². The molecule has 1 unspecified atom stereocenters. The largest absolute Gasteiger partial charge is 0.374 e. The van der Waals surface area contributed by atoms with E-state index in [1.165, 1.54) is 5.56 Å². The summed E-state index contributed by atoms with van der Waals surface area (Å²) in [6, 6.07) is 10.4. The zero-order valence-corrected chi connectivity index (χ0v) is 8.99. The average Bonchev–Trinajstić information content (AvgIpc) is 2.25. The number of rotatable bonds is 6. The van der Waals surface area contributed by atoms with Gasteiger partial charge >= 0.3 is 0 Å². The second kappa shape index (κ2) is 6.57. The zero-order valence-electron chi connectivity index (χ0n) is 8.99. The molecule has 78 valence electrons. The Morgan fingerprint density at radius 2 is 2.00 bits per heavy atom. The van der Waals surface area contributed by atoms with Crippen LogP contribution in [0.2, 0.25) is 0 Å². The minimum absolute atomic E-state index is 0.230. The topological polar surface area (TPSA) is 21.3 Å². The van der Waals surface area contributed by atoms with E-state index >= 15 is 0 Å². The van der Waals surface area contributed by atoms with E-state index in [1.807, 2.05) is 20.0 Å². The zero-order chi connectivity index (χ0) is 10.2. The van der Waals surface area contributed by atoms with Crippen molar-refractivity contribution in [3.05, 3.63) is 35.9 Å². The average molecular weight is 193 g/mol. The van der Waals surface area contributed by atoms with Gasteiger partial charge in [0.05, 0.1) is 6.10 Å². The fourth-order valence-corrected chi connectivity index (χ4v) is 1.49. The Labute approximate surface area is 86.3 Å². The second-order valence-corrected chi connectivity index (χ2v) is 3.25. The summed E-state index contributed by atoms with van der Waals surface area (Å²) in [5.74, 6) is 0. The minimum atomic E-state index is 0.230. The maximum Gasteiger partial charge on any atom is 0.0836 e. The Morgan fingerprint density at radius 1 is 1.29 bits per heavy atom. The van der Waals surface area contributed by atoms with Gasteiger partial charge in [-0.05, 0) is 32.5 Å². The van der Waals surface area contributed by atoms with Crippen LogP contribution < -0.4 is 5.32 Å². The summed E-state index contributed by atoms with van der Waals surface area (Å²) in [5.41, 5.74) is 1.27. The van der Waals surface area contributed by atoms with Gasteiger partial charge in [-0.25, -0.2) is 0 Å². The lowest BCUT2D eigenvalue weighted by Gasteiger charge is -2.17. The van der Waals surface area contributed by atoms with Crippen molar-refractivity contribution in [1.82, 2.24) is 5.32 Å². The standard InChI is InChI=1S/C12H19NO/c1-3-14-12(9-10-13-2)11-7-5-4-6-8-11/h4-8,12-13H,3,9-10H2,1-2H3. The molecule has 2 nitrogen and oxygen atoms in total. The van der Waals surface area contributed by atoms with E-state index in [9.17, 15) is 0 Å². The van der Waals surface area contributed by atoms with E-state index in [-0.39, 0.29) is 6.10 Å². The van der Waals surface area contributed by atoms with Crippen molar-refractivity contribution < 1.29 is 4.74 Å². The quantitative estimate of drug-likeness (QED) is 0.749. The smallest absolute Gasteiger partial charge is 0.0836 e. The molecule has 0 aliphatic rings. The summed E-state index contributed by atoms with van der Waals surface area (Å²) < 4.78 is 5.69. The fourth-order valence-electron chi connectivity index (χ4n) is 1.49. The molecule has 0 aliphatic heterocycles. The predicted octanol–water partition coefficient (Wildman–Crippen LogP) is 2.37. The third-order valence-electron chi connectivity index (χ3n) is 2.20. The van der Waals surface area contributed by atoms with Crippen LogP contribution in [0.25, 0.3) is 0 Å². The Kier molecular flexibility index (Phi) is 5.27. The first-order valence-electron chi connectivity index (χ1n) is 5.19. The molecule has 0 aliphatic carbocycles. The van der Waals surface area contributed by atoms with Crippen LogP contribution in [-0.2, 0) is 4.74 Å². The van der Waals surface area contributed by atoms with Gasteiger partial charge in [-0.1, -0.05) is 30.3 Å². The molecule has 2 heteroatoms. The molecule has 0 amide bonds. The molecule has 1 rings (SSSR count). The first-order valence-corrected chi connectivity index (χ1v) is 5.19. The van der Waals surface area contributed by atoms with E-state index < -0.39 is 0 Å². The van der Waals surface area contributed by atoms with Gasteiger partial charge < -0.3 is 10.1 Å². The van der Waals surface area contributed by atoms with Crippen LogP contribution in [-0.4, -0.2) is 20.2 Å². The van der Waals surface area contributed by atoms with Gasteiger partial charge in [-0.2, -0.15) is 0 Å². The highest BCUT2D eigenvalue weighted by molar-refractivity contribution is 5.17. The minimum Gasteiger partial charge on any atom is -0.374 e. The van der Waals surface area contributed by atoms with Crippen molar-refractivity contribution in [1.29, 1.82) is 0 Å². The molecular weight excluding hydrogens is 174 g/mol. The highest BCUT2D eigenvalue weighted by Crippen LogP contribution is 2.19. The van der Waals surface area contributed by atoms with Gasteiger partial charge in [0.15, 0.2) is 0 Å². The van der Waals surface area contributed by atoms with Crippen molar-refractivity contribution in [2.45, 2.75) is 19.4 Å². The maximum absolute atomic E-state index is 5.69. The first kappa shape index (κ1) is 11.2. The third kappa shape index (κ3) is 3.48. The molecule has 0 saturated heterocycles. The van der Waals surface area contributed by atoms with Gasteiger partial charge in [0.25, 0.3) is 0 Å². The molecule has 14 heavy (non-hydrogen) atoms. The maximum atomic E-state index is 5.69. The summed E-state index contributed by atoms with van der Waals surface area (Å²) in [6.45, 7) is 3.79. The number of ether oxygens (including phenoxy) is 1. The van der Waals surface area contributed by atoms with Crippen molar-refractivity contribution in [2.24, 2.45) is 0 Å². The van der Waals surface area contributed by atoms with E-state index in [4.69, 9.17) is 4.74 Å². The van der Waals surface area contributed by atoms with E-state index in [1.54, 1.807) is 0 Å². The summed E-state index contributed by atoms with van der Waals surface area (Å²) in [5, 5.41) is 3.15. The van der Waals surface area contributed by atoms with Crippen molar-refractivity contribution in [3.8, 4) is 0 Å². The molecule has 0 aromatic heterocycles. The third-order valence-corrected chi connectivity index (χ3v) is 2.20. The molecule has 0 bridgehead atoms. The summed E-state index contributed by atoms with van der Waals surface area (Å²) in [7, 11) is 1.97. The van der Waals surface area contributed by atoms with Crippen LogP contribution in [0.5, 0.6) is 0 Å². The summed E-state index contributed by atoms with van der Waals surface area (Å²) in [4.78, 5) is 0. The van der Waals surface area contributed by atoms with Gasteiger partial charge in [0.2, 0.25) is 0 Å². The molecule has 0 heterocycles. The van der Waals surface area contributed by atoms with Crippen molar-refractivity contribution in [3.63, 3.8) is 0 Å². The number of benzene rings is 1. The number of hydrogen-bond donors (Lipinski definition) is 1. The Hall–Kier alpha value is -0.860. The number of nitrogens with one attached hydrogen (secondary N) is 1. The lowest BCUT2D eigenvalue weighted by atomic mass is 10.1. The van der Waals surface area contributed by atoms with Crippen LogP contribution >= 0.6 is 0 Å². The van der Waals surface area contributed by atoms with E-state index in [2.05, 4.69) is 29.6 Å². The highest BCUT2D eigenvalue weighted by atomic mass is 16.5. The van der Waals surface area contributed by atoms with Crippen LogP contribution in [0.1, 0.15) is 25.0 Å². The molecule has 0 fully saturated rings. The molecule has 0 saturated carbocycles. The predicted molar refractivity (Wildman–Crippen MR) is 59.4 cm³/mol. The van der Waals surface area contributed by atoms with Crippen LogP contribution in [0.15, 0.2) is 30.3 Å². The highest BCUT2D eigenvalue weighted by Gasteiger charge is 2.09. The number of hydrogen-bond acceptors (Lipinski definition) is 2.